The van der Waals surface area contributed by atoms with Gasteiger partial charge in [-0.1, -0.05) is 12.1 Å². The number of carbonyl (C=O) groups is 1. The molecule has 1 aliphatic rings. The van der Waals surface area contributed by atoms with E-state index < -0.39 is 0 Å². The van der Waals surface area contributed by atoms with Crippen LogP contribution < -0.4 is 10.1 Å². The van der Waals surface area contributed by atoms with Gasteiger partial charge >= 0.3 is 5.97 Å². The van der Waals surface area contributed by atoms with Crippen LogP contribution in [0.1, 0.15) is 25.3 Å². The lowest BCUT2D eigenvalue weighted by Gasteiger charge is -2.33. The molecule has 2 rings (SSSR count). The summed E-state index contributed by atoms with van der Waals surface area (Å²) < 4.78 is 10.9. The Morgan fingerprint density at radius 2 is 2.08 bits per heavy atom. The van der Waals surface area contributed by atoms with E-state index in [2.05, 4.69) is 15.2 Å². The molecule has 0 radical (unpaired) electrons. The summed E-state index contributed by atoms with van der Waals surface area (Å²) in [6.07, 6.45) is 1.61. The van der Waals surface area contributed by atoms with Crippen molar-refractivity contribution >= 4 is 35.9 Å². The molecule has 0 bridgehead atoms. The number of esters is 1. The van der Waals surface area contributed by atoms with Gasteiger partial charge in [-0.25, -0.2) is 0 Å². The third-order valence-electron chi connectivity index (χ3n) is 4.27. The number of hydrogen-bond acceptors (Lipinski definition) is 4. The van der Waals surface area contributed by atoms with E-state index in [9.17, 15) is 4.79 Å². The minimum atomic E-state index is -0.0725. The van der Waals surface area contributed by atoms with Gasteiger partial charge in [-0.2, -0.15) is 0 Å². The second-order valence-electron chi connectivity index (χ2n) is 6.15. The third-order valence-corrected chi connectivity index (χ3v) is 4.27. The Morgan fingerprint density at radius 3 is 2.69 bits per heavy atom. The normalized spacial score (nSPS) is 15.2. The average Bonchev–Trinajstić information content (AvgIpc) is 2.62. The number of halogens is 1. The van der Waals surface area contributed by atoms with E-state index in [0.29, 0.717) is 19.8 Å². The zero-order chi connectivity index (χ0) is 18.1. The van der Waals surface area contributed by atoms with Crippen LogP contribution in [-0.2, 0) is 9.53 Å². The van der Waals surface area contributed by atoms with Crippen molar-refractivity contribution in [1.29, 1.82) is 0 Å². The van der Waals surface area contributed by atoms with Gasteiger partial charge in [0.15, 0.2) is 5.96 Å². The quantitative estimate of drug-likeness (QED) is 0.226. The first kappa shape index (κ1) is 22.5. The van der Waals surface area contributed by atoms with Crippen LogP contribution in [0.4, 0.5) is 0 Å². The molecule has 0 aliphatic carbocycles. The summed E-state index contributed by atoms with van der Waals surface area (Å²) in [5, 5.41) is 3.33. The molecule has 1 heterocycles. The fraction of sp³-hybridized carbons (Fsp3) is 0.579. The predicted molar refractivity (Wildman–Crippen MR) is 114 cm³/mol. The molecule has 1 aromatic carbocycles. The smallest absolute Gasteiger partial charge is 0.309 e. The van der Waals surface area contributed by atoms with Crippen molar-refractivity contribution in [1.82, 2.24) is 10.2 Å². The highest BCUT2D eigenvalue weighted by atomic mass is 127. The zero-order valence-electron chi connectivity index (χ0n) is 15.9. The summed E-state index contributed by atoms with van der Waals surface area (Å²) in [6, 6.07) is 8.02. The largest absolute Gasteiger partial charge is 0.492 e. The Bertz CT molecular complexity index is 587. The Kier molecular flexibility index (Phi) is 10.4. The van der Waals surface area contributed by atoms with Gasteiger partial charge in [-0.15, -0.1) is 24.0 Å². The molecule has 0 atom stereocenters. The maximum Gasteiger partial charge on any atom is 0.309 e. The number of ether oxygens (including phenoxy) is 2. The van der Waals surface area contributed by atoms with Gasteiger partial charge in [0.1, 0.15) is 12.4 Å². The number of rotatable bonds is 6. The number of likely N-dealkylation sites (tertiary alicyclic amines) is 1. The van der Waals surface area contributed by atoms with E-state index in [-0.39, 0.29) is 35.9 Å². The lowest BCUT2D eigenvalue weighted by Crippen LogP contribution is -2.47. The first-order chi connectivity index (χ1) is 12.1. The summed E-state index contributed by atoms with van der Waals surface area (Å²) >= 11 is 0. The van der Waals surface area contributed by atoms with Gasteiger partial charge in [-0.05, 0) is 44.4 Å². The summed E-state index contributed by atoms with van der Waals surface area (Å²) in [4.78, 5) is 18.3. The number of nitrogens with one attached hydrogen (secondary N) is 1. The van der Waals surface area contributed by atoms with Crippen LogP contribution in [0.15, 0.2) is 29.3 Å². The summed E-state index contributed by atoms with van der Waals surface area (Å²) in [7, 11) is 1.78. The molecular weight excluding hydrogens is 445 g/mol. The standard InChI is InChI=1S/C19H29N3O3.HI/c1-4-24-18(23)16-8-11-22(12-9-16)19(20-3)21-10-13-25-17-7-5-6-15(2)14-17;/h5-7,14,16H,4,8-13H2,1-3H3,(H,20,21);1H. The number of aryl methyl sites for hydroxylation is 1. The molecule has 1 aromatic rings. The minimum Gasteiger partial charge on any atom is -0.492 e. The second-order valence-corrected chi connectivity index (χ2v) is 6.15. The van der Waals surface area contributed by atoms with Crippen molar-refractivity contribution in [3.63, 3.8) is 0 Å². The van der Waals surface area contributed by atoms with Gasteiger partial charge in [-0.3, -0.25) is 9.79 Å². The fourth-order valence-electron chi connectivity index (χ4n) is 2.96. The van der Waals surface area contributed by atoms with E-state index in [1.807, 2.05) is 38.1 Å². The van der Waals surface area contributed by atoms with Crippen LogP contribution in [0.5, 0.6) is 5.75 Å². The monoisotopic (exact) mass is 475 g/mol. The molecular formula is C19H30IN3O3. The van der Waals surface area contributed by atoms with Gasteiger partial charge < -0.3 is 19.7 Å². The van der Waals surface area contributed by atoms with E-state index in [4.69, 9.17) is 9.47 Å². The Morgan fingerprint density at radius 1 is 1.35 bits per heavy atom. The van der Waals surface area contributed by atoms with Gasteiger partial charge in [0.05, 0.1) is 19.1 Å². The average molecular weight is 475 g/mol. The topological polar surface area (TPSA) is 63.2 Å². The van der Waals surface area contributed by atoms with Crippen molar-refractivity contribution in [2.24, 2.45) is 10.9 Å². The van der Waals surface area contributed by atoms with Crippen molar-refractivity contribution in [2.45, 2.75) is 26.7 Å². The second kappa shape index (κ2) is 12.0. The van der Waals surface area contributed by atoms with Crippen molar-refractivity contribution in [3.05, 3.63) is 29.8 Å². The molecule has 146 valence electrons. The van der Waals surface area contributed by atoms with Crippen LogP contribution >= 0.6 is 24.0 Å². The maximum absolute atomic E-state index is 11.8. The van der Waals surface area contributed by atoms with Crippen LogP contribution in [0.3, 0.4) is 0 Å². The number of hydrogen-bond donors (Lipinski definition) is 1. The first-order valence-electron chi connectivity index (χ1n) is 8.95. The number of aliphatic imine (C=N–C) groups is 1. The lowest BCUT2D eigenvalue weighted by atomic mass is 9.97. The molecule has 26 heavy (non-hydrogen) atoms. The molecule has 0 spiro atoms. The molecule has 1 N–H and O–H groups in total. The van der Waals surface area contributed by atoms with Gasteiger partial charge in [0.25, 0.3) is 0 Å². The van der Waals surface area contributed by atoms with Crippen molar-refractivity contribution < 1.29 is 14.3 Å². The summed E-state index contributed by atoms with van der Waals surface area (Å²) in [6.45, 7) is 7.21. The molecule has 1 saturated heterocycles. The van der Waals surface area contributed by atoms with Crippen molar-refractivity contribution in [3.8, 4) is 5.75 Å². The zero-order valence-corrected chi connectivity index (χ0v) is 18.2. The van der Waals surface area contributed by atoms with Gasteiger partial charge in [0, 0.05) is 20.1 Å². The Hall–Kier alpha value is -1.51. The number of nitrogens with zero attached hydrogens (tertiary/aromatic N) is 2. The summed E-state index contributed by atoms with van der Waals surface area (Å²) in [5.74, 6) is 1.68. The predicted octanol–water partition coefficient (Wildman–Crippen LogP) is 2.84. The highest BCUT2D eigenvalue weighted by Gasteiger charge is 2.27. The van der Waals surface area contributed by atoms with E-state index in [1.54, 1.807) is 7.05 Å². The molecule has 6 nitrogen and oxygen atoms in total. The van der Waals surface area contributed by atoms with Crippen LogP contribution in [0.2, 0.25) is 0 Å². The molecule has 7 heteroatoms. The molecule has 1 fully saturated rings. The number of piperidine rings is 1. The number of carbonyl (C=O) groups excluding carboxylic acids is 1. The van der Waals surface area contributed by atoms with E-state index >= 15 is 0 Å². The number of guanidine groups is 1. The SMILES string of the molecule is CCOC(=O)C1CCN(C(=NC)NCCOc2cccc(C)c2)CC1.I. The molecule has 0 saturated carbocycles. The Balaban J connectivity index is 0.00000338. The summed E-state index contributed by atoms with van der Waals surface area (Å²) in [5.41, 5.74) is 1.19. The first-order valence-corrected chi connectivity index (χ1v) is 8.95. The van der Waals surface area contributed by atoms with Crippen LogP contribution in [0, 0.1) is 12.8 Å². The third kappa shape index (κ3) is 7.01. The molecule has 0 aromatic heterocycles. The van der Waals surface area contributed by atoms with Gasteiger partial charge in [0.2, 0.25) is 0 Å². The fourth-order valence-corrected chi connectivity index (χ4v) is 2.96. The molecule has 1 aliphatic heterocycles. The van der Waals surface area contributed by atoms with E-state index in [1.165, 1.54) is 5.56 Å². The minimum absolute atomic E-state index is 0. The molecule has 0 unspecified atom stereocenters. The highest BCUT2D eigenvalue weighted by Crippen LogP contribution is 2.18. The van der Waals surface area contributed by atoms with Crippen molar-refractivity contribution in [2.75, 3.05) is 39.9 Å². The van der Waals surface area contributed by atoms with Crippen LogP contribution in [-0.4, -0.2) is 56.7 Å². The highest BCUT2D eigenvalue weighted by molar-refractivity contribution is 14.0. The maximum atomic E-state index is 11.8. The van der Waals surface area contributed by atoms with Crippen LogP contribution in [0.25, 0.3) is 0 Å². The Labute approximate surface area is 173 Å². The number of benzene rings is 1. The molecule has 0 amide bonds. The lowest BCUT2D eigenvalue weighted by molar-refractivity contribution is -0.149. The van der Waals surface area contributed by atoms with E-state index in [0.717, 1.165) is 37.6 Å².